The molecule has 0 unspecified atom stereocenters. The molecule has 0 fully saturated rings. The van der Waals surface area contributed by atoms with E-state index in [1.165, 1.54) is 0 Å². The smallest absolute Gasteiger partial charge is 0.265 e. The number of ether oxygens (including phenoxy) is 2. The van der Waals surface area contributed by atoms with Gasteiger partial charge in [0.2, 0.25) is 0 Å². The van der Waals surface area contributed by atoms with E-state index in [9.17, 15) is 4.79 Å². The van der Waals surface area contributed by atoms with Crippen LogP contribution in [0, 0.1) is 13.8 Å². The average Bonchev–Trinajstić information content (AvgIpc) is 2.51. The van der Waals surface area contributed by atoms with Gasteiger partial charge in [0.05, 0.1) is 7.11 Å². The molecule has 0 bridgehead atoms. The molecule has 23 heavy (non-hydrogen) atoms. The van der Waals surface area contributed by atoms with Gasteiger partial charge in [0.15, 0.2) is 6.10 Å². The molecule has 2 aromatic carbocycles. The zero-order valence-corrected chi connectivity index (χ0v) is 14.1. The van der Waals surface area contributed by atoms with Crippen LogP contribution in [-0.4, -0.2) is 19.1 Å². The molecule has 0 aliphatic carbocycles. The van der Waals surface area contributed by atoms with Crippen molar-refractivity contribution in [1.29, 1.82) is 0 Å². The maximum Gasteiger partial charge on any atom is 0.265 e. The number of nitrogens with one attached hydrogen (secondary N) is 1. The third-order valence-electron chi connectivity index (χ3n) is 3.47. The van der Waals surface area contributed by atoms with Crippen LogP contribution in [0.5, 0.6) is 11.5 Å². The zero-order chi connectivity index (χ0) is 16.8. The van der Waals surface area contributed by atoms with Gasteiger partial charge in [0, 0.05) is 11.8 Å². The second-order valence-electron chi connectivity index (χ2n) is 5.56. The van der Waals surface area contributed by atoms with Gasteiger partial charge < -0.3 is 14.8 Å². The molecule has 1 atom stereocenters. The van der Waals surface area contributed by atoms with Crippen LogP contribution in [-0.2, 0) is 4.79 Å². The predicted molar refractivity (Wildman–Crippen MR) is 92.2 cm³/mol. The molecule has 0 spiro atoms. The van der Waals surface area contributed by atoms with Crippen molar-refractivity contribution in [1.82, 2.24) is 0 Å². The lowest BCUT2D eigenvalue weighted by Crippen LogP contribution is -2.32. The van der Waals surface area contributed by atoms with Crippen molar-refractivity contribution in [2.75, 3.05) is 12.4 Å². The first-order valence-electron chi connectivity index (χ1n) is 7.71. The van der Waals surface area contributed by atoms with Crippen LogP contribution in [0.15, 0.2) is 42.5 Å². The van der Waals surface area contributed by atoms with Gasteiger partial charge in [-0.05, 0) is 55.7 Å². The molecule has 0 saturated carbocycles. The molecular formula is C19H23NO3. The summed E-state index contributed by atoms with van der Waals surface area (Å²) < 4.78 is 11.0. The highest BCUT2D eigenvalue weighted by Crippen LogP contribution is 2.20. The van der Waals surface area contributed by atoms with Crippen LogP contribution >= 0.6 is 0 Å². The van der Waals surface area contributed by atoms with E-state index in [4.69, 9.17) is 9.47 Å². The van der Waals surface area contributed by atoms with Gasteiger partial charge in [-0.1, -0.05) is 19.1 Å². The van der Waals surface area contributed by atoms with E-state index in [0.717, 1.165) is 16.9 Å². The van der Waals surface area contributed by atoms with Gasteiger partial charge in [-0.25, -0.2) is 0 Å². The Morgan fingerprint density at radius 2 is 1.78 bits per heavy atom. The van der Waals surface area contributed by atoms with Crippen LogP contribution in [0.1, 0.15) is 24.5 Å². The first kappa shape index (κ1) is 16.9. The molecule has 0 aromatic heterocycles. The van der Waals surface area contributed by atoms with E-state index in [0.29, 0.717) is 17.9 Å². The maximum atomic E-state index is 12.4. The Morgan fingerprint density at radius 1 is 1.09 bits per heavy atom. The Kier molecular flexibility index (Phi) is 5.63. The Hall–Kier alpha value is -2.49. The molecular weight excluding hydrogens is 290 g/mol. The van der Waals surface area contributed by atoms with Crippen LogP contribution in [0.4, 0.5) is 5.69 Å². The standard InChI is InChI=1S/C19H23NO3/c1-5-18(23-17-10-13(2)9-14(3)11-17)19(21)20-15-7-6-8-16(12-15)22-4/h6-12,18H,5H2,1-4H3,(H,20,21)/t18-/m1/s1. The van der Waals surface area contributed by atoms with E-state index in [1.807, 2.05) is 51.1 Å². The van der Waals surface area contributed by atoms with Gasteiger partial charge in [-0.3, -0.25) is 4.79 Å². The Bertz CT molecular complexity index is 662. The van der Waals surface area contributed by atoms with E-state index in [1.54, 1.807) is 13.2 Å². The molecule has 0 heterocycles. The first-order chi connectivity index (χ1) is 11.0. The highest BCUT2D eigenvalue weighted by molar-refractivity contribution is 5.94. The topological polar surface area (TPSA) is 47.6 Å². The van der Waals surface area contributed by atoms with Crippen LogP contribution < -0.4 is 14.8 Å². The van der Waals surface area contributed by atoms with Gasteiger partial charge >= 0.3 is 0 Å². The molecule has 2 rings (SSSR count). The minimum Gasteiger partial charge on any atom is -0.497 e. The largest absolute Gasteiger partial charge is 0.497 e. The first-order valence-corrected chi connectivity index (χ1v) is 7.71. The number of rotatable bonds is 6. The molecule has 4 nitrogen and oxygen atoms in total. The number of hydrogen-bond acceptors (Lipinski definition) is 3. The summed E-state index contributed by atoms with van der Waals surface area (Å²) in [7, 11) is 1.60. The van der Waals surface area contributed by atoms with Crippen molar-refractivity contribution in [3.63, 3.8) is 0 Å². The van der Waals surface area contributed by atoms with Gasteiger partial charge in [0.25, 0.3) is 5.91 Å². The lowest BCUT2D eigenvalue weighted by atomic mass is 10.1. The van der Waals surface area contributed by atoms with Gasteiger partial charge in [-0.2, -0.15) is 0 Å². The molecule has 2 aromatic rings. The van der Waals surface area contributed by atoms with Crippen LogP contribution in [0.2, 0.25) is 0 Å². The normalized spacial score (nSPS) is 11.7. The summed E-state index contributed by atoms with van der Waals surface area (Å²) in [5.74, 6) is 1.25. The molecule has 0 saturated heterocycles. The van der Waals surface area contributed by atoms with Crippen molar-refractivity contribution in [2.24, 2.45) is 0 Å². The molecule has 1 amide bonds. The number of methoxy groups -OCH3 is 1. The minimum absolute atomic E-state index is 0.167. The quantitative estimate of drug-likeness (QED) is 0.873. The van der Waals surface area contributed by atoms with Crippen molar-refractivity contribution in [3.05, 3.63) is 53.6 Å². The summed E-state index contributed by atoms with van der Waals surface area (Å²) in [5, 5.41) is 2.87. The van der Waals surface area contributed by atoms with E-state index in [-0.39, 0.29) is 5.91 Å². The minimum atomic E-state index is -0.539. The monoisotopic (exact) mass is 313 g/mol. The number of carbonyl (C=O) groups is 1. The van der Waals surface area contributed by atoms with Gasteiger partial charge in [0.1, 0.15) is 11.5 Å². The highest BCUT2D eigenvalue weighted by atomic mass is 16.5. The van der Waals surface area contributed by atoms with Crippen LogP contribution in [0.25, 0.3) is 0 Å². The van der Waals surface area contributed by atoms with Crippen molar-refractivity contribution < 1.29 is 14.3 Å². The lowest BCUT2D eigenvalue weighted by molar-refractivity contribution is -0.122. The average molecular weight is 313 g/mol. The van der Waals surface area contributed by atoms with Crippen LogP contribution in [0.3, 0.4) is 0 Å². The highest BCUT2D eigenvalue weighted by Gasteiger charge is 2.19. The lowest BCUT2D eigenvalue weighted by Gasteiger charge is -2.18. The van der Waals surface area contributed by atoms with Crippen molar-refractivity contribution in [3.8, 4) is 11.5 Å². The Morgan fingerprint density at radius 3 is 2.39 bits per heavy atom. The molecule has 122 valence electrons. The molecule has 0 radical (unpaired) electrons. The van der Waals surface area contributed by atoms with Crippen molar-refractivity contribution >= 4 is 11.6 Å². The summed E-state index contributed by atoms with van der Waals surface area (Å²) in [6, 6.07) is 13.2. The van der Waals surface area contributed by atoms with E-state index in [2.05, 4.69) is 11.4 Å². The third kappa shape index (κ3) is 4.74. The molecule has 1 N–H and O–H groups in total. The molecule has 0 aliphatic rings. The SMILES string of the molecule is CC[C@@H](Oc1cc(C)cc(C)c1)C(=O)Nc1cccc(OC)c1. The number of benzene rings is 2. The predicted octanol–water partition coefficient (Wildman–Crippen LogP) is 4.11. The summed E-state index contributed by atoms with van der Waals surface area (Å²) in [4.78, 5) is 12.4. The number of aryl methyl sites for hydroxylation is 2. The maximum absolute atomic E-state index is 12.4. The van der Waals surface area contributed by atoms with E-state index >= 15 is 0 Å². The van der Waals surface area contributed by atoms with E-state index < -0.39 is 6.10 Å². The summed E-state index contributed by atoms with van der Waals surface area (Å²) in [6.45, 7) is 5.95. The van der Waals surface area contributed by atoms with Crippen molar-refractivity contribution in [2.45, 2.75) is 33.3 Å². The Balaban J connectivity index is 2.08. The summed E-state index contributed by atoms with van der Waals surface area (Å²) in [5.41, 5.74) is 2.92. The fraction of sp³-hybridized carbons (Fsp3) is 0.316. The molecule has 4 heteroatoms. The summed E-state index contributed by atoms with van der Waals surface area (Å²) >= 11 is 0. The zero-order valence-electron chi connectivity index (χ0n) is 14.1. The number of amides is 1. The molecule has 0 aliphatic heterocycles. The second-order valence-corrected chi connectivity index (χ2v) is 5.56. The number of carbonyl (C=O) groups excluding carboxylic acids is 1. The fourth-order valence-electron chi connectivity index (χ4n) is 2.41. The van der Waals surface area contributed by atoms with Gasteiger partial charge in [-0.15, -0.1) is 0 Å². The third-order valence-corrected chi connectivity index (χ3v) is 3.47. The Labute approximate surface area is 137 Å². The fourth-order valence-corrected chi connectivity index (χ4v) is 2.41. The summed E-state index contributed by atoms with van der Waals surface area (Å²) in [6.07, 6.45) is 0.0467. The second kappa shape index (κ2) is 7.68. The number of hydrogen-bond donors (Lipinski definition) is 1. The number of anilines is 1.